The topological polar surface area (TPSA) is 0 Å². The number of halogens is 1. The summed E-state index contributed by atoms with van der Waals surface area (Å²) >= 11 is 4.60. The van der Waals surface area contributed by atoms with Crippen LogP contribution in [-0.2, 0) is 6.16 Å². The van der Waals surface area contributed by atoms with E-state index in [4.69, 9.17) is 0 Å². The van der Waals surface area contributed by atoms with Gasteiger partial charge in [0, 0.05) is 0 Å². The summed E-state index contributed by atoms with van der Waals surface area (Å²) in [7, 11) is 0. The molecule has 0 saturated heterocycles. The van der Waals surface area contributed by atoms with Gasteiger partial charge in [-0.05, 0) is 0 Å². The van der Waals surface area contributed by atoms with Crippen LogP contribution < -0.4 is 15.9 Å². The molecule has 0 bridgehead atoms. The molecule has 0 heterocycles. The van der Waals surface area contributed by atoms with Crippen molar-refractivity contribution in [3.05, 3.63) is 126 Å². The Morgan fingerprint density at radius 1 is 0.611 bits per heavy atom. The van der Waals surface area contributed by atoms with E-state index >= 15 is 0 Å². The second-order valence-electron chi connectivity index (χ2n) is 10.6. The molecule has 0 aromatic heterocycles. The maximum absolute atomic E-state index is 4.60. The molecule has 0 aliphatic heterocycles. The summed E-state index contributed by atoms with van der Waals surface area (Å²) in [6, 6.07) is 43.0. The Balaban J connectivity index is 1.54. The fourth-order valence-electron chi connectivity index (χ4n) is 6.37. The molecule has 0 radical (unpaired) electrons. The predicted molar refractivity (Wildman–Crippen MR) is 164 cm³/mol. The molecule has 4 aromatic rings. The summed E-state index contributed by atoms with van der Waals surface area (Å²) in [6.07, 6.45) is 9.17. The van der Waals surface area contributed by atoms with E-state index in [1.807, 2.05) is 0 Å². The standard InChI is InChI=1S/C34H38BrP/c1-2-12-28-19-23-30(24-20-28)31-25-21-29(22-26-31)27-36(35,32-13-6-3-7-14-32,33-15-8-4-9-16-33)34-17-10-5-11-18-34/h3-11,13-18,21-22,25-26,28,30H,2,12,19-20,23-24,27H2,1H3. The zero-order chi connectivity index (χ0) is 24.9. The van der Waals surface area contributed by atoms with Crippen molar-refractivity contribution < 1.29 is 0 Å². The molecule has 186 valence electrons. The van der Waals surface area contributed by atoms with Gasteiger partial charge in [-0.2, -0.15) is 0 Å². The Bertz CT molecular complexity index is 1130. The van der Waals surface area contributed by atoms with Gasteiger partial charge in [0.15, 0.2) is 0 Å². The van der Waals surface area contributed by atoms with Crippen molar-refractivity contribution in [1.82, 2.24) is 0 Å². The van der Waals surface area contributed by atoms with Gasteiger partial charge < -0.3 is 0 Å². The molecule has 0 nitrogen and oxygen atoms in total. The average Bonchev–Trinajstić information content (AvgIpc) is 2.96. The van der Waals surface area contributed by atoms with Crippen LogP contribution in [0.5, 0.6) is 0 Å². The molecule has 2 heteroatoms. The number of rotatable bonds is 8. The zero-order valence-corrected chi connectivity index (χ0v) is 23.9. The molecule has 0 atom stereocenters. The first-order chi connectivity index (χ1) is 17.6. The molecule has 1 aliphatic carbocycles. The van der Waals surface area contributed by atoms with E-state index in [0.29, 0.717) is 0 Å². The third-order valence-electron chi connectivity index (χ3n) is 8.36. The zero-order valence-electron chi connectivity index (χ0n) is 21.4. The van der Waals surface area contributed by atoms with Crippen molar-refractivity contribution in [3.8, 4) is 0 Å². The number of hydrogen-bond donors (Lipinski definition) is 0. The first kappa shape index (κ1) is 25.4. The van der Waals surface area contributed by atoms with Crippen LogP contribution in [0, 0.1) is 5.92 Å². The predicted octanol–water partition coefficient (Wildman–Crippen LogP) is 9.10. The first-order valence-corrected chi connectivity index (χ1v) is 18.0. The molecule has 0 N–H and O–H groups in total. The molecule has 1 aliphatic rings. The van der Waals surface area contributed by atoms with Crippen molar-refractivity contribution in [2.45, 2.75) is 57.5 Å². The summed E-state index contributed by atoms with van der Waals surface area (Å²) in [5.41, 5.74) is 2.92. The average molecular weight is 558 g/mol. The molecule has 1 saturated carbocycles. The second-order valence-corrected chi connectivity index (χ2v) is 19.5. The van der Waals surface area contributed by atoms with Gasteiger partial charge in [0.05, 0.1) is 0 Å². The van der Waals surface area contributed by atoms with Crippen molar-refractivity contribution in [2.24, 2.45) is 5.92 Å². The van der Waals surface area contributed by atoms with Gasteiger partial charge >= 0.3 is 227 Å². The van der Waals surface area contributed by atoms with Gasteiger partial charge in [-0.3, -0.25) is 0 Å². The van der Waals surface area contributed by atoms with E-state index in [-0.39, 0.29) is 0 Å². The molecular weight excluding hydrogens is 519 g/mol. The molecule has 5 rings (SSSR count). The van der Waals surface area contributed by atoms with Gasteiger partial charge in [0.25, 0.3) is 0 Å². The van der Waals surface area contributed by atoms with Crippen molar-refractivity contribution in [1.29, 1.82) is 0 Å². The Hall–Kier alpha value is -2.21. The minimum absolute atomic E-state index is 0.726. The Morgan fingerprint density at radius 2 is 1.06 bits per heavy atom. The second kappa shape index (κ2) is 11.0. The van der Waals surface area contributed by atoms with Crippen LogP contribution in [0.2, 0.25) is 0 Å². The summed E-state index contributed by atoms with van der Waals surface area (Å²) in [5.74, 6) is 1.68. The summed E-state index contributed by atoms with van der Waals surface area (Å²) in [5, 5.41) is 1.18. The summed E-state index contributed by atoms with van der Waals surface area (Å²) in [4.78, 5) is 0. The van der Waals surface area contributed by atoms with Gasteiger partial charge in [-0.25, -0.2) is 0 Å². The van der Waals surface area contributed by atoms with E-state index < -0.39 is 5.31 Å². The monoisotopic (exact) mass is 556 g/mol. The van der Waals surface area contributed by atoms with Gasteiger partial charge in [-0.15, -0.1) is 0 Å². The van der Waals surface area contributed by atoms with E-state index in [1.165, 1.54) is 65.6 Å². The Kier molecular flexibility index (Phi) is 7.80. The number of hydrogen-bond acceptors (Lipinski definition) is 0. The van der Waals surface area contributed by atoms with Crippen LogP contribution in [0.25, 0.3) is 0 Å². The van der Waals surface area contributed by atoms with E-state index in [0.717, 1.165) is 18.0 Å². The first-order valence-electron chi connectivity index (χ1n) is 13.6. The molecule has 0 amide bonds. The molecule has 4 aromatic carbocycles. The fourth-order valence-corrected chi connectivity index (χ4v) is 14.1. The summed E-state index contributed by atoms with van der Waals surface area (Å²) < 4.78 is 0. The van der Waals surface area contributed by atoms with Crippen molar-refractivity contribution in [3.63, 3.8) is 0 Å². The number of benzene rings is 4. The van der Waals surface area contributed by atoms with E-state index in [2.05, 4.69) is 138 Å². The normalized spacial score (nSPS) is 19.3. The van der Waals surface area contributed by atoms with Crippen LogP contribution in [0.3, 0.4) is 0 Å². The van der Waals surface area contributed by atoms with Crippen LogP contribution in [0.1, 0.15) is 62.5 Å². The van der Waals surface area contributed by atoms with Gasteiger partial charge in [0.1, 0.15) is 0 Å². The Morgan fingerprint density at radius 3 is 1.47 bits per heavy atom. The molecule has 0 unspecified atom stereocenters. The van der Waals surface area contributed by atoms with Crippen molar-refractivity contribution in [2.75, 3.05) is 0 Å². The maximum atomic E-state index is 4.60. The fraction of sp³-hybridized carbons (Fsp3) is 0.294. The van der Waals surface area contributed by atoms with Crippen molar-refractivity contribution >= 4 is 36.7 Å². The minimum atomic E-state index is -2.95. The van der Waals surface area contributed by atoms with Crippen LogP contribution >= 0.6 is 20.8 Å². The molecule has 0 spiro atoms. The van der Waals surface area contributed by atoms with Crippen LogP contribution in [0.15, 0.2) is 115 Å². The van der Waals surface area contributed by atoms with E-state index in [1.54, 1.807) is 0 Å². The third kappa shape index (κ3) is 4.85. The third-order valence-corrected chi connectivity index (χ3v) is 17.9. The molecule has 36 heavy (non-hydrogen) atoms. The quantitative estimate of drug-likeness (QED) is 0.190. The van der Waals surface area contributed by atoms with E-state index in [9.17, 15) is 0 Å². The SMILES string of the molecule is CCCC1CCC(c2ccc(CP(Br)(c3ccccc3)(c3ccccc3)c3ccccc3)cc2)CC1. The van der Waals surface area contributed by atoms with Gasteiger partial charge in [0.2, 0.25) is 0 Å². The van der Waals surface area contributed by atoms with Gasteiger partial charge in [-0.1, -0.05) is 0 Å². The van der Waals surface area contributed by atoms with Crippen LogP contribution in [-0.4, -0.2) is 0 Å². The summed E-state index contributed by atoms with van der Waals surface area (Å²) in [6.45, 7) is 2.32. The van der Waals surface area contributed by atoms with Crippen LogP contribution in [0.4, 0.5) is 0 Å². The molecule has 1 fully saturated rings. The Labute approximate surface area is 225 Å². The molecular formula is C34H38BrP.